The SMILES string of the molecule is CC1(C)CNC(=O)c2cn(Cc3cccc(F)c3F)nc2C1. The monoisotopic (exact) mass is 305 g/mol. The van der Waals surface area contributed by atoms with E-state index in [0.29, 0.717) is 24.2 Å². The Morgan fingerprint density at radius 1 is 1.36 bits per heavy atom. The zero-order chi connectivity index (χ0) is 15.9. The summed E-state index contributed by atoms with van der Waals surface area (Å²) in [7, 11) is 0. The summed E-state index contributed by atoms with van der Waals surface area (Å²) in [5.41, 5.74) is 1.31. The van der Waals surface area contributed by atoms with Crippen molar-refractivity contribution in [1.29, 1.82) is 0 Å². The predicted octanol–water partition coefficient (Wildman–Crippen LogP) is 2.52. The third kappa shape index (κ3) is 2.73. The van der Waals surface area contributed by atoms with Crippen LogP contribution in [0.5, 0.6) is 0 Å². The Bertz CT molecular complexity index is 737. The Morgan fingerprint density at radius 2 is 2.14 bits per heavy atom. The average Bonchev–Trinajstić information content (AvgIpc) is 2.79. The van der Waals surface area contributed by atoms with Gasteiger partial charge in [0.15, 0.2) is 11.6 Å². The van der Waals surface area contributed by atoms with Crippen molar-refractivity contribution in [3.8, 4) is 0 Å². The van der Waals surface area contributed by atoms with Crippen molar-refractivity contribution in [2.45, 2.75) is 26.8 Å². The lowest BCUT2D eigenvalue weighted by Crippen LogP contribution is -2.31. The van der Waals surface area contributed by atoms with Gasteiger partial charge >= 0.3 is 0 Å². The normalized spacial score (nSPS) is 16.8. The number of aromatic nitrogens is 2. The number of carbonyl (C=O) groups excluding carboxylic acids is 1. The minimum absolute atomic E-state index is 0.0876. The quantitative estimate of drug-likeness (QED) is 0.927. The van der Waals surface area contributed by atoms with Gasteiger partial charge in [0, 0.05) is 18.3 Å². The number of nitrogens with one attached hydrogen (secondary N) is 1. The van der Waals surface area contributed by atoms with E-state index in [1.807, 2.05) is 13.8 Å². The van der Waals surface area contributed by atoms with Crippen LogP contribution in [0.15, 0.2) is 24.4 Å². The maximum atomic E-state index is 13.7. The molecule has 0 saturated carbocycles. The molecule has 2 aromatic rings. The maximum Gasteiger partial charge on any atom is 0.254 e. The van der Waals surface area contributed by atoms with Crippen LogP contribution in [0, 0.1) is 17.0 Å². The molecule has 0 atom stereocenters. The number of fused-ring (bicyclic) bond motifs is 1. The van der Waals surface area contributed by atoms with E-state index in [9.17, 15) is 13.6 Å². The van der Waals surface area contributed by atoms with Gasteiger partial charge in [0.1, 0.15) is 0 Å². The Balaban J connectivity index is 1.93. The largest absolute Gasteiger partial charge is 0.351 e. The van der Waals surface area contributed by atoms with E-state index >= 15 is 0 Å². The first-order valence-corrected chi connectivity index (χ1v) is 7.13. The van der Waals surface area contributed by atoms with Gasteiger partial charge in [-0.25, -0.2) is 8.78 Å². The summed E-state index contributed by atoms with van der Waals surface area (Å²) in [5, 5.41) is 7.25. The highest BCUT2D eigenvalue weighted by Gasteiger charge is 2.29. The van der Waals surface area contributed by atoms with Gasteiger partial charge in [-0.05, 0) is 17.9 Å². The molecule has 0 unspecified atom stereocenters. The second kappa shape index (κ2) is 5.19. The Morgan fingerprint density at radius 3 is 2.91 bits per heavy atom. The Labute approximate surface area is 127 Å². The van der Waals surface area contributed by atoms with Crippen LogP contribution >= 0.6 is 0 Å². The lowest BCUT2D eigenvalue weighted by molar-refractivity contribution is 0.0944. The molecule has 6 heteroatoms. The van der Waals surface area contributed by atoms with Gasteiger partial charge < -0.3 is 5.32 Å². The van der Waals surface area contributed by atoms with Gasteiger partial charge in [-0.2, -0.15) is 5.10 Å². The lowest BCUT2D eigenvalue weighted by Gasteiger charge is -2.21. The van der Waals surface area contributed by atoms with Crippen molar-refractivity contribution in [2.75, 3.05) is 6.54 Å². The fourth-order valence-corrected chi connectivity index (χ4v) is 2.64. The number of carbonyl (C=O) groups is 1. The number of rotatable bonds is 2. The third-order valence-electron chi connectivity index (χ3n) is 3.82. The summed E-state index contributed by atoms with van der Waals surface area (Å²) < 4.78 is 28.5. The summed E-state index contributed by atoms with van der Waals surface area (Å²) in [6.07, 6.45) is 2.25. The number of hydrogen-bond acceptors (Lipinski definition) is 2. The van der Waals surface area contributed by atoms with Crippen molar-refractivity contribution >= 4 is 5.91 Å². The van der Waals surface area contributed by atoms with Gasteiger partial charge in [0.25, 0.3) is 5.91 Å². The zero-order valence-electron chi connectivity index (χ0n) is 12.5. The average molecular weight is 305 g/mol. The molecule has 1 amide bonds. The molecule has 116 valence electrons. The van der Waals surface area contributed by atoms with E-state index in [4.69, 9.17) is 0 Å². The molecular formula is C16H17F2N3O. The molecule has 2 heterocycles. The summed E-state index contributed by atoms with van der Waals surface area (Å²) in [4.78, 5) is 12.1. The first kappa shape index (κ1) is 14.7. The van der Waals surface area contributed by atoms with Crippen LogP contribution in [0.2, 0.25) is 0 Å². The summed E-state index contributed by atoms with van der Waals surface area (Å²) in [5.74, 6) is -1.94. The van der Waals surface area contributed by atoms with E-state index in [-0.39, 0.29) is 23.4 Å². The van der Waals surface area contributed by atoms with Crippen LogP contribution in [0.1, 0.15) is 35.5 Å². The van der Waals surface area contributed by atoms with Crippen LogP contribution in [-0.4, -0.2) is 22.2 Å². The summed E-state index contributed by atoms with van der Waals surface area (Å²) >= 11 is 0. The molecule has 1 N–H and O–H groups in total. The number of hydrogen-bond donors (Lipinski definition) is 1. The molecule has 0 saturated heterocycles. The minimum Gasteiger partial charge on any atom is -0.351 e. The van der Waals surface area contributed by atoms with Crippen molar-refractivity contribution in [1.82, 2.24) is 15.1 Å². The van der Waals surface area contributed by atoms with Gasteiger partial charge in [0.05, 0.1) is 17.8 Å². The summed E-state index contributed by atoms with van der Waals surface area (Å²) in [6, 6.07) is 4.04. The van der Waals surface area contributed by atoms with Crippen LogP contribution in [0.4, 0.5) is 8.78 Å². The van der Waals surface area contributed by atoms with Gasteiger partial charge in [-0.1, -0.05) is 26.0 Å². The summed E-state index contributed by atoms with van der Waals surface area (Å²) in [6.45, 7) is 4.77. The van der Waals surface area contributed by atoms with E-state index in [1.54, 1.807) is 6.20 Å². The second-order valence-electron chi connectivity index (χ2n) is 6.42. The van der Waals surface area contributed by atoms with Crippen molar-refractivity contribution in [3.63, 3.8) is 0 Å². The van der Waals surface area contributed by atoms with E-state index < -0.39 is 11.6 Å². The molecule has 1 aliphatic rings. The predicted molar refractivity (Wildman–Crippen MR) is 77.5 cm³/mol. The van der Waals surface area contributed by atoms with Gasteiger partial charge in [-0.15, -0.1) is 0 Å². The van der Waals surface area contributed by atoms with Crippen LogP contribution in [0.3, 0.4) is 0 Å². The minimum atomic E-state index is -0.884. The molecular weight excluding hydrogens is 288 g/mol. The first-order chi connectivity index (χ1) is 10.4. The first-order valence-electron chi connectivity index (χ1n) is 7.13. The van der Waals surface area contributed by atoms with Crippen molar-refractivity contribution in [3.05, 3.63) is 52.9 Å². The molecule has 0 radical (unpaired) electrons. The van der Waals surface area contributed by atoms with Gasteiger partial charge in [0.2, 0.25) is 0 Å². The fraction of sp³-hybridized carbons (Fsp3) is 0.375. The highest BCUT2D eigenvalue weighted by molar-refractivity contribution is 5.95. The lowest BCUT2D eigenvalue weighted by atomic mass is 9.88. The van der Waals surface area contributed by atoms with Crippen molar-refractivity contribution < 1.29 is 13.6 Å². The van der Waals surface area contributed by atoms with Crippen LogP contribution in [0.25, 0.3) is 0 Å². The van der Waals surface area contributed by atoms with E-state index in [2.05, 4.69) is 10.4 Å². The van der Waals surface area contributed by atoms with Crippen molar-refractivity contribution in [2.24, 2.45) is 5.41 Å². The molecule has 0 fully saturated rings. The fourth-order valence-electron chi connectivity index (χ4n) is 2.64. The zero-order valence-corrected chi connectivity index (χ0v) is 12.5. The molecule has 3 rings (SSSR count). The molecule has 1 aromatic heterocycles. The topological polar surface area (TPSA) is 46.9 Å². The molecule has 0 bridgehead atoms. The molecule has 1 aliphatic heterocycles. The van der Waals surface area contributed by atoms with E-state index in [0.717, 1.165) is 6.07 Å². The molecule has 1 aromatic carbocycles. The molecule has 0 spiro atoms. The highest BCUT2D eigenvalue weighted by atomic mass is 19.2. The number of nitrogens with zero attached hydrogens (tertiary/aromatic N) is 2. The van der Waals surface area contributed by atoms with Crippen LogP contribution < -0.4 is 5.32 Å². The Kier molecular flexibility index (Phi) is 3.47. The Hall–Kier alpha value is -2.24. The van der Waals surface area contributed by atoms with Gasteiger partial charge in [-0.3, -0.25) is 9.48 Å². The standard InChI is InChI=1S/C16H17F2N3O/c1-16(2)6-13-11(15(22)19-9-16)8-21(20-13)7-10-4-3-5-12(17)14(10)18/h3-5,8H,6-7,9H2,1-2H3,(H,19,22). The maximum absolute atomic E-state index is 13.7. The smallest absolute Gasteiger partial charge is 0.254 e. The molecule has 4 nitrogen and oxygen atoms in total. The van der Waals surface area contributed by atoms with E-state index in [1.165, 1.54) is 16.8 Å². The highest BCUT2D eigenvalue weighted by Crippen LogP contribution is 2.25. The number of amides is 1. The number of halogens is 2. The van der Waals surface area contributed by atoms with Crippen LogP contribution in [-0.2, 0) is 13.0 Å². The third-order valence-corrected chi connectivity index (χ3v) is 3.82. The second-order valence-corrected chi connectivity index (χ2v) is 6.42. The molecule has 0 aliphatic carbocycles. The molecule has 22 heavy (non-hydrogen) atoms. The number of benzene rings is 1.